The van der Waals surface area contributed by atoms with Crippen molar-refractivity contribution in [1.29, 1.82) is 0 Å². The van der Waals surface area contributed by atoms with Crippen molar-refractivity contribution in [2.45, 2.75) is 53.8 Å². The van der Waals surface area contributed by atoms with Crippen LogP contribution in [0.3, 0.4) is 0 Å². The molecule has 1 atom stereocenters. The number of hydrogen-bond acceptors (Lipinski definition) is 7. The van der Waals surface area contributed by atoms with Crippen LogP contribution in [-0.2, 0) is 17.9 Å². The Hall–Kier alpha value is -3.78. The van der Waals surface area contributed by atoms with Gasteiger partial charge in [0.2, 0.25) is 0 Å². The SMILES string of the molecule is CN=Nc1cc(C)c(CN=C2C=Cc3c(ccc(CN=C4C(=O)N(C)N=C4C)c3C)C2O)c(C)c1C. The van der Waals surface area contributed by atoms with Crippen LogP contribution in [0.4, 0.5) is 5.69 Å². The van der Waals surface area contributed by atoms with E-state index in [1.54, 1.807) is 21.0 Å². The van der Waals surface area contributed by atoms with E-state index in [0.717, 1.165) is 50.2 Å². The number of aliphatic hydroxyl groups excluding tert-OH is 1. The minimum absolute atomic E-state index is 0.190. The summed E-state index contributed by atoms with van der Waals surface area (Å²) in [6, 6.07) is 5.93. The van der Waals surface area contributed by atoms with Crippen molar-refractivity contribution < 1.29 is 9.90 Å². The van der Waals surface area contributed by atoms with Gasteiger partial charge in [-0.2, -0.15) is 15.3 Å². The normalized spacial score (nSPS) is 19.7. The fraction of sp³-hybridized carbons (Fsp3) is 0.357. The highest BCUT2D eigenvalue weighted by Gasteiger charge is 2.26. The zero-order valence-electron chi connectivity index (χ0n) is 21.9. The number of aryl methyl sites for hydroxylation is 1. The Morgan fingerprint density at radius 1 is 1.00 bits per heavy atom. The summed E-state index contributed by atoms with van der Waals surface area (Å²) in [5.74, 6) is -0.190. The fourth-order valence-corrected chi connectivity index (χ4v) is 4.70. The van der Waals surface area contributed by atoms with E-state index in [1.807, 2.05) is 44.2 Å². The average molecular weight is 485 g/mol. The van der Waals surface area contributed by atoms with Gasteiger partial charge in [-0.1, -0.05) is 18.2 Å². The number of aliphatic imine (C=N–C) groups is 2. The van der Waals surface area contributed by atoms with E-state index >= 15 is 0 Å². The van der Waals surface area contributed by atoms with Crippen molar-refractivity contribution in [1.82, 2.24) is 5.01 Å². The Bertz CT molecular complexity index is 1400. The summed E-state index contributed by atoms with van der Waals surface area (Å²) in [6.45, 7) is 10.8. The summed E-state index contributed by atoms with van der Waals surface area (Å²) in [5, 5.41) is 24.7. The van der Waals surface area contributed by atoms with Gasteiger partial charge in [0, 0.05) is 14.1 Å². The topological polar surface area (TPSA) is 102 Å². The number of azo groups is 1. The van der Waals surface area contributed by atoms with Crippen molar-refractivity contribution in [2.24, 2.45) is 25.3 Å². The predicted octanol–water partition coefficient (Wildman–Crippen LogP) is 5.12. The number of hydrazone groups is 1. The van der Waals surface area contributed by atoms with E-state index < -0.39 is 6.10 Å². The van der Waals surface area contributed by atoms with E-state index in [4.69, 9.17) is 4.99 Å². The van der Waals surface area contributed by atoms with Gasteiger partial charge < -0.3 is 5.11 Å². The number of aliphatic hydroxyl groups is 1. The molecule has 0 radical (unpaired) electrons. The van der Waals surface area contributed by atoms with Crippen LogP contribution in [0.2, 0.25) is 0 Å². The van der Waals surface area contributed by atoms with Gasteiger partial charge in [0.1, 0.15) is 11.8 Å². The molecule has 8 nitrogen and oxygen atoms in total. The second kappa shape index (κ2) is 10.1. The van der Waals surface area contributed by atoms with Crippen LogP contribution in [0.25, 0.3) is 6.08 Å². The van der Waals surface area contributed by atoms with Gasteiger partial charge in [-0.15, -0.1) is 0 Å². The van der Waals surface area contributed by atoms with Crippen LogP contribution in [0, 0.1) is 27.7 Å². The van der Waals surface area contributed by atoms with Crippen LogP contribution in [0.15, 0.2) is 49.6 Å². The first-order chi connectivity index (χ1) is 17.1. The molecule has 8 heteroatoms. The predicted molar refractivity (Wildman–Crippen MR) is 144 cm³/mol. The summed E-state index contributed by atoms with van der Waals surface area (Å²) < 4.78 is 0. The minimum atomic E-state index is -0.807. The second-order valence-corrected chi connectivity index (χ2v) is 9.25. The van der Waals surface area contributed by atoms with Crippen LogP contribution in [0.1, 0.15) is 57.5 Å². The monoisotopic (exact) mass is 484 g/mol. The Morgan fingerprint density at radius 2 is 1.75 bits per heavy atom. The van der Waals surface area contributed by atoms with Crippen molar-refractivity contribution in [2.75, 3.05) is 14.1 Å². The zero-order valence-corrected chi connectivity index (χ0v) is 21.9. The molecule has 1 N–H and O–H groups in total. The third kappa shape index (κ3) is 4.56. The van der Waals surface area contributed by atoms with Crippen molar-refractivity contribution >= 4 is 34.8 Å². The molecule has 0 fully saturated rings. The van der Waals surface area contributed by atoms with Crippen LogP contribution in [-0.4, -0.2) is 47.3 Å². The molecule has 2 aromatic carbocycles. The lowest BCUT2D eigenvalue weighted by atomic mass is 9.88. The summed E-state index contributed by atoms with van der Waals surface area (Å²) in [4.78, 5) is 21.5. The molecular formula is C28H32N6O2. The van der Waals surface area contributed by atoms with Gasteiger partial charge in [0.05, 0.1) is 30.2 Å². The number of carbonyl (C=O) groups is 1. The highest BCUT2D eigenvalue weighted by atomic mass is 16.3. The Labute approximate surface area is 211 Å². The van der Waals surface area contributed by atoms with Gasteiger partial charge in [0.15, 0.2) is 0 Å². The van der Waals surface area contributed by atoms with Crippen molar-refractivity contribution in [3.8, 4) is 0 Å². The number of nitrogens with zero attached hydrogens (tertiary/aromatic N) is 6. The first kappa shape index (κ1) is 25.3. The molecule has 186 valence electrons. The molecule has 4 rings (SSSR count). The van der Waals surface area contributed by atoms with E-state index in [2.05, 4.69) is 34.2 Å². The summed E-state index contributed by atoms with van der Waals surface area (Å²) in [7, 11) is 3.29. The number of hydrogen-bond donors (Lipinski definition) is 1. The van der Waals surface area contributed by atoms with E-state index in [9.17, 15) is 9.90 Å². The smallest absolute Gasteiger partial charge is 0.293 e. The molecule has 1 aliphatic heterocycles. The standard InChI is InChI=1S/C28H32N6O2/c1-15-12-25(32-29-6)17(3)16(2)23(15)14-30-24-11-10-21-18(4)20(8-9-22(21)27(24)35)13-31-26-19(5)33-34(7)28(26)36/h8-12,27,35H,13-14H2,1-7H3. The van der Waals surface area contributed by atoms with E-state index in [1.165, 1.54) is 5.01 Å². The molecule has 1 aliphatic carbocycles. The van der Waals surface area contributed by atoms with Gasteiger partial charge in [0.25, 0.3) is 5.91 Å². The van der Waals surface area contributed by atoms with Gasteiger partial charge in [-0.25, -0.2) is 5.01 Å². The minimum Gasteiger partial charge on any atom is -0.382 e. The highest BCUT2D eigenvalue weighted by Crippen LogP contribution is 2.32. The maximum absolute atomic E-state index is 12.2. The van der Waals surface area contributed by atoms with Crippen molar-refractivity contribution in [3.63, 3.8) is 0 Å². The number of carbonyl (C=O) groups excluding carboxylic acids is 1. The lowest BCUT2D eigenvalue weighted by molar-refractivity contribution is -0.122. The Kier molecular flexibility index (Phi) is 7.08. The summed E-state index contributed by atoms with van der Waals surface area (Å²) in [5.41, 5.74) is 10.8. The van der Waals surface area contributed by atoms with E-state index in [-0.39, 0.29) is 5.91 Å². The molecule has 1 heterocycles. The molecule has 2 aromatic rings. The van der Waals surface area contributed by atoms with Crippen molar-refractivity contribution in [3.05, 3.63) is 68.8 Å². The number of amides is 1. The van der Waals surface area contributed by atoms with Crippen LogP contribution in [0.5, 0.6) is 0 Å². The maximum atomic E-state index is 12.2. The first-order valence-electron chi connectivity index (χ1n) is 11.9. The molecular weight excluding hydrogens is 452 g/mol. The molecule has 0 bridgehead atoms. The first-order valence-corrected chi connectivity index (χ1v) is 11.9. The van der Waals surface area contributed by atoms with Gasteiger partial charge in [-0.3, -0.25) is 14.8 Å². The van der Waals surface area contributed by atoms with Crippen LogP contribution >= 0.6 is 0 Å². The van der Waals surface area contributed by atoms with Gasteiger partial charge >= 0.3 is 0 Å². The number of rotatable bonds is 5. The van der Waals surface area contributed by atoms with Gasteiger partial charge in [-0.05, 0) is 91.3 Å². The molecule has 0 spiro atoms. The summed E-state index contributed by atoms with van der Waals surface area (Å²) in [6.07, 6.45) is 3.08. The van der Waals surface area contributed by atoms with E-state index in [0.29, 0.717) is 30.2 Å². The number of fused-ring (bicyclic) bond motifs is 1. The lowest BCUT2D eigenvalue weighted by Gasteiger charge is -2.22. The molecule has 0 saturated carbocycles. The second-order valence-electron chi connectivity index (χ2n) is 9.25. The lowest BCUT2D eigenvalue weighted by Crippen LogP contribution is -2.24. The highest BCUT2D eigenvalue weighted by molar-refractivity contribution is 6.68. The van der Waals surface area contributed by atoms with Crippen LogP contribution < -0.4 is 0 Å². The molecule has 36 heavy (non-hydrogen) atoms. The largest absolute Gasteiger partial charge is 0.382 e. The third-order valence-electron chi connectivity index (χ3n) is 7.06. The maximum Gasteiger partial charge on any atom is 0.293 e. The third-order valence-corrected chi connectivity index (χ3v) is 7.06. The Balaban J connectivity index is 1.58. The molecule has 1 unspecified atom stereocenters. The number of benzene rings is 2. The fourth-order valence-electron chi connectivity index (χ4n) is 4.70. The Morgan fingerprint density at radius 3 is 2.42 bits per heavy atom. The molecule has 1 amide bonds. The molecule has 2 aliphatic rings. The quantitative estimate of drug-likeness (QED) is 0.595. The molecule has 0 saturated heterocycles. The zero-order chi connectivity index (χ0) is 26.1. The molecule has 0 aromatic heterocycles. The average Bonchev–Trinajstić information content (AvgIpc) is 3.09. The summed E-state index contributed by atoms with van der Waals surface area (Å²) >= 11 is 0.